The Labute approximate surface area is 171 Å². The van der Waals surface area contributed by atoms with Gasteiger partial charge >= 0.3 is 0 Å². The van der Waals surface area contributed by atoms with E-state index in [9.17, 15) is 15.0 Å². The smallest absolute Gasteiger partial charge is 0.247 e. The molecule has 0 unspecified atom stereocenters. The molecule has 2 heterocycles. The van der Waals surface area contributed by atoms with E-state index >= 15 is 0 Å². The van der Waals surface area contributed by atoms with Crippen molar-refractivity contribution in [2.45, 2.75) is 64.2 Å². The molecule has 3 N–H and O–H groups in total. The normalized spacial score (nSPS) is 23.5. The molecule has 2 aliphatic rings. The lowest BCUT2D eigenvalue weighted by Gasteiger charge is -2.38. The quantitative estimate of drug-likeness (QED) is 0.518. The van der Waals surface area contributed by atoms with E-state index in [4.69, 9.17) is 4.98 Å². The van der Waals surface area contributed by atoms with Crippen LogP contribution in [0.5, 0.6) is 0 Å². The van der Waals surface area contributed by atoms with Gasteiger partial charge in [-0.3, -0.25) is 14.7 Å². The topological polar surface area (TPSA) is 111 Å². The SMILES string of the molecule is C=N/C(=C\C=C(/C)c1cnc2c(n1)N(C1CCC(O)CC1)C(=O)CN2)C(C)(C)O. The van der Waals surface area contributed by atoms with Gasteiger partial charge in [-0.05, 0) is 64.8 Å². The minimum atomic E-state index is -1.10. The number of nitrogens with zero attached hydrogens (tertiary/aromatic N) is 4. The van der Waals surface area contributed by atoms with Gasteiger partial charge in [-0.15, -0.1) is 0 Å². The summed E-state index contributed by atoms with van der Waals surface area (Å²) in [5.74, 6) is 1.08. The van der Waals surface area contributed by atoms with Crippen LogP contribution in [-0.2, 0) is 4.79 Å². The number of fused-ring (bicyclic) bond motifs is 1. The second kappa shape index (κ2) is 8.42. The molecule has 1 aliphatic carbocycles. The lowest BCUT2D eigenvalue weighted by Crippen LogP contribution is -2.49. The maximum atomic E-state index is 12.6. The molecule has 0 bridgehead atoms. The number of amides is 1. The number of aliphatic hydroxyl groups is 2. The number of aliphatic hydroxyl groups excluding tert-OH is 1. The highest BCUT2D eigenvalue weighted by Crippen LogP contribution is 2.33. The van der Waals surface area contributed by atoms with Gasteiger partial charge in [-0.25, -0.2) is 9.97 Å². The summed E-state index contributed by atoms with van der Waals surface area (Å²) in [6.07, 6.45) is 7.73. The molecule has 3 rings (SSSR count). The standard InChI is InChI=1S/C21H29N5O3/c1-13(5-10-17(22-4)21(2,3)29)16-11-23-19-20(25-16)26(18(28)12-24-19)14-6-8-15(27)9-7-14/h5,10-11,14-15,27,29H,4,6-9,12H2,1-3H3,(H,23,24)/b13-5+,17-10-. The van der Waals surface area contributed by atoms with Crippen molar-refractivity contribution in [2.24, 2.45) is 4.99 Å². The molecule has 0 spiro atoms. The Morgan fingerprint density at radius 1 is 1.34 bits per heavy atom. The van der Waals surface area contributed by atoms with Gasteiger partial charge in [0.1, 0.15) is 5.60 Å². The number of aliphatic imine (C=N–C) groups is 1. The molecule has 1 saturated carbocycles. The van der Waals surface area contributed by atoms with E-state index < -0.39 is 5.60 Å². The van der Waals surface area contributed by atoms with E-state index in [0.29, 0.717) is 35.9 Å². The average molecular weight is 399 g/mol. The number of carbonyl (C=O) groups excluding carboxylic acids is 1. The monoisotopic (exact) mass is 399 g/mol. The summed E-state index contributed by atoms with van der Waals surface area (Å²) in [5.41, 5.74) is 0.805. The molecule has 8 heteroatoms. The van der Waals surface area contributed by atoms with E-state index in [2.05, 4.69) is 22.0 Å². The number of rotatable bonds is 5. The Hall–Kier alpha value is -2.58. The summed E-state index contributed by atoms with van der Waals surface area (Å²) in [6, 6.07) is 0.0206. The van der Waals surface area contributed by atoms with Gasteiger partial charge in [0.2, 0.25) is 5.91 Å². The number of anilines is 2. The fourth-order valence-corrected chi connectivity index (χ4v) is 3.66. The molecule has 29 heavy (non-hydrogen) atoms. The van der Waals surface area contributed by atoms with Crippen molar-refractivity contribution in [1.29, 1.82) is 0 Å². The van der Waals surface area contributed by atoms with Crippen LogP contribution in [0.15, 0.2) is 29.0 Å². The van der Waals surface area contributed by atoms with Crippen molar-refractivity contribution in [3.63, 3.8) is 0 Å². The molecule has 156 valence electrons. The molecular formula is C21H29N5O3. The lowest BCUT2D eigenvalue weighted by atomic mass is 9.91. The molecule has 0 aromatic carbocycles. The number of allylic oxidation sites excluding steroid dienone is 3. The maximum Gasteiger partial charge on any atom is 0.247 e. The second-order valence-corrected chi connectivity index (χ2v) is 8.13. The van der Waals surface area contributed by atoms with Crippen LogP contribution in [-0.4, -0.2) is 57.1 Å². The third kappa shape index (κ3) is 4.71. The van der Waals surface area contributed by atoms with Crippen molar-refractivity contribution < 1.29 is 15.0 Å². The number of hydrogen-bond donors (Lipinski definition) is 3. The van der Waals surface area contributed by atoms with Crippen LogP contribution in [0.3, 0.4) is 0 Å². The minimum absolute atomic E-state index is 0.0206. The van der Waals surface area contributed by atoms with E-state index in [1.165, 1.54) is 0 Å². The predicted octanol–water partition coefficient (Wildman–Crippen LogP) is 2.30. The summed E-state index contributed by atoms with van der Waals surface area (Å²) in [6.45, 7) is 8.87. The molecule has 1 aliphatic heterocycles. The molecule has 0 atom stereocenters. The van der Waals surface area contributed by atoms with Crippen molar-refractivity contribution in [1.82, 2.24) is 9.97 Å². The zero-order valence-electron chi connectivity index (χ0n) is 17.2. The highest BCUT2D eigenvalue weighted by atomic mass is 16.3. The first-order chi connectivity index (χ1) is 13.7. The summed E-state index contributed by atoms with van der Waals surface area (Å²) in [4.78, 5) is 27.5. The Balaban J connectivity index is 1.92. The van der Waals surface area contributed by atoms with Crippen LogP contribution in [0.2, 0.25) is 0 Å². The number of carbonyl (C=O) groups is 1. The molecule has 1 amide bonds. The molecule has 1 aromatic heterocycles. The summed E-state index contributed by atoms with van der Waals surface area (Å²) in [7, 11) is 0. The van der Waals surface area contributed by atoms with Crippen LogP contribution in [0, 0.1) is 0 Å². The fourth-order valence-electron chi connectivity index (χ4n) is 3.66. The fraction of sp³-hybridized carbons (Fsp3) is 0.524. The average Bonchev–Trinajstić information content (AvgIpc) is 2.67. The predicted molar refractivity (Wildman–Crippen MR) is 114 cm³/mol. The first kappa shape index (κ1) is 21.1. The Kier molecular flexibility index (Phi) is 6.14. The molecule has 8 nitrogen and oxygen atoms in total. The molecule has 0 saturated heterocycles. The van der Waals surface area contributed by atoms with Crippen LogP contribution in [0.25, 0.3) is 5.57 Å². The first-order valence-electron chi connectivity index (χ1n) is 9.90. The van der Waals surface area contributed by atoms with Crippen molar-refractivity contribution in [2.75, 3.05) is 16.8 Å². The molecule has 1 fully saturated rings. The molecule has 0 radical (unpaired) electrons. The molecular weight excluding hydrogens is 370 g/mol. The van der Waals surface area contributed by atoms with Gasteiger partial charge in [-0.1, -0.05) is 6.08 Å². The van der Waals surface area contributed by atoms with Gasteiger partial charge in [0.15, 0.2) is 11.6 Å². The summed E-state index contributed by atoms with van der Waals surface area (Å²) >= 11 is 0. The van der Waals surface area contributed by atoms with Gasteiger partial charge in [0.25, 0.3) is 0 Å². The van der Waals surface area contributed by atoms with E-state index in [1.54, 1.807) is 37.1 Å². The Morgan fingerprint density at radius 2 is 2.03 bits per heavy atom. The van der Waals surface area contributed by atoms with E-state index in [0.717, 1.165) is 18.4 Å². The summed E-state index contributed by atoms with van der Waals surface area (Å²) in [5, 5.41) is 22.9. The maximum absolute atomic E-state index is 12.6. The minimum Gasteiger partial charge on any atom is -0.393 e. The Bertz CT molecular complexity index is 848. The second-order valence-electron chi connectivity index (χ2n) is 8.13. The summed E-state index contributed by atoms with van der Waals surface area (Å²) < 4.78 is 0. The van der Waals surface area contributed by atoms with E-state index in [-0.39, 0.29) is 24.6 Å². The van der Waals surface area contributed by atoms with Crippen LogP contribution >= 0.6 is 0 Å². The van der Waals surface area contributed by atoms with Gasteiger partial charge in [0, 0.05) is 6.04 Å². The van der Waals surface area contributed by atoms with Crippen molar-refractivity contribution in [3.8, 4) is 0 Å². The largest absolute Gasteiger partial charge is 0.393 e. The van der Waals surface area contributed by atoms with Crippen molar-refractivity contribution in [3.05, 3.63) is 29.7 Å². The highest BCUT2D eigenvalue weighted by Gasteiger charge is 2.34. The first-order valence-corrected chi connectivity index (χ1v) is 9.90. The molecule has 1 aromatic rings. The third-order valence-electron chi connectivity index (χ3n) is 5.38. The van der Waals surface area contributed by atoms with Gasteiger partial charge in [0.05, 0.1) is 30.2 Å². The number of nitrogens with one attached hydrogen (secondary N) is 1. The van der Waals surface area contributed by atoms with Crippen LogP contribution in [0.4, 0.5) is 11.6 Å². The highest BCUT2D eigenvalue weighted by molar-refractivity contribution is 6.01. The zero-order valence-corrected chi connectivity index (χ0v) is 17.2. The Morgan fingerprint density at radius 3 is 2.66 bits per heavy atom. The third-order valence-corrected chi connectivity index (χ3v) is 5.38. The number of aromatic nitrogens is 2. The van der Waals surface area contributed by atoms with E-state index in [1.807, 2.05) is 6.92 Å². The van der Waals surface area contributed by atoms with Crippen molar-refractivity contribution >= 4 is 29.8 Å². The van der Waals surface area contributed by atoms with Crippen LogP contribution < -0.4 is 10.2 Å². The zero-order chi connectivity index (χ0) is 21.2. The lowest BCUT2D eigenvalue weighted by molar-refractivity contribution is -0.118. The number of hydrogen-bond acceptors (Lipinski definition) is 7. The van der Waals surface area contributed by atoms with Gasteiger partial charge < -0.3 is 15.5 Å². The van der Waals surface area contributed by atoms with Crippen LogP contribution in [0.1, 0.15) is 52.1 Å². The van der Waals surface area contributed by atoms with Gasteiger partial charge in [-0.2, -0.15) is 0 Å².